The molecule has 3 heterocycles. The average molecular weight is 694 g/mol. The molecule has 4 amide bonds. The van der Waals surface area contributed by atoms with Crippen molar-refractivity contribution in [3.05, 3.63) is 11.6 Å². The highest BCUT2D eigenvalue weighted by atomic mass is 32.2. The molecule has 0 aromatic carbocycles. The Bertz CT molecular complexity index is 1240. The summed E-state index contributed by atoms with van der Waals surface area (Å²) in [6, 6.07) is -0.520. The van der Waals surface area contributed by atoms with E-state index in [0.717, 1.165) is 12.8 Å². The third kappa shape index (κ3) is 9.60. The smallest absolute Gasteiger partial charge is 0.414 e. The van der Waals surface area contributed by atoms with E-state index < -0.39 is 41.3 Å². The number of carbonyl (C=O) groups excluding carboxylic acids is 5. The van der Waals surface area contributed by atoms with Gasteiger partial charge in [0, 0.05) is 44.2 Å². The number of Topliss-reactive ketones (excluding diaryl/α,β-unsaturated/α-hetero) is 1. The van der Waals surface area contributed by atoms with Crippen molar-refractivity contribution in [1.82, 2.24) is 15.5 Å². The van der Waals surface area contributed by atoms with E-state index in [-0.39, 0.29) is 47.4 Å². The van der Waals surface area contributed by atoms with Gasteiger partial charge in [-0.15, -0.1) is 0 Å². The van der Waals surface area contributed by atoms with Crippen LogP contribution in [0.5, 0.6) is 0 Å². The van der Waals surface area contributed by atoms with E-state index in [1.54, 1.807) is 12.0 Å². The second-order valence-electron chi connectivity index (χ2n) is 15.0. The molecule has 0 bridgehead atoms. The number of methoxy groups -OCH3 is 1. The normalized spacial score (nSPS) is 30.8. The molecule has 7 atom stereocenters. The van der Waals surface area contributed by atoms with Gasteiger partial charge in [0.05, 0.1) is 24.4 Å². The molecule has 4 fully saturated rings. The van der Waals surface area contributed by atoms with Crippen molar-refractivity contribution in [1.29, 1.82) is 0 Å². The lowest BCUT2D eigenvalue weighted by Crippen LogP contribution is -2.56. The van der Waals surface area contributed by atoms with Crippen molar-refractivity contribution in [2.24, 2.45) is 11.3 Å². The monoisotopic (exact) mass is 693 g/mol. The van der Waals surface area contributed by atoms with Crippen LogP contribution in [0.4, 0.5) is 4.79 Å². The summed E-state index contributed by atoms with van der Waals surface area (Å²) >= 11 is 1.28. The van der Waals surface area contributed by atoms with Crippen LogP contribution in [0, 0.1) is 11.3 Å². The molecule has 13 heteroatoms. The van der Waals surface area contributed by atoms with Gasteiger partial charge >= 0.3 is 6.09 Å². The Balaban J connectivity index is 1.15. The lowest BCUT2D eigenvalue weighted by Gasteiger charge is -2.42. The molecule has 0 radical (unpaired) electrons. The van der Waals surface area contributed by atoms with E-state index in [1.807, 2.05) is 20.8 Å². The third-order valence-electron chi connectivity index (χ3n) is 10.0. The summed E-state index contributed by atoms with van der Waals surface area (Å²) in [6.45, 7) is 13.3. The number of imide groups is 1. The third-order valence-corrected chi connectivity index (χ3v) is 11.0. The summed E-state index contributed by atoms with van der Waals surface area (Å²) in [5.41, 5.74) is 0.00359. The maximum atomic E-state index is 12.8. The minimum Gasteiger partial charge on any atom is -0.443 e. The summed E-state index contributed by atoms with van der Waals surface area (Å²) in [6.07, 6.45) is 4.86. The Hall–Kier alpha value is -2.48. The van der Waals surface area contributed by atoms with Crippen LogP contribution >= 0.6 is 11.8 Å². The highest BCUT2D eigenvalue weighted by Crippen LogP contribution is 2.59. The average Bonchev–Trinajstić information content (AvgIpc) is 3.86. The van der Waals surface area contributed by atoms with Crippen LogP contribution in [0.3, 0.4) is 0 Å². The second kappa shape index (κ2) is 16.0. The van der Waals surface area contributed by atoms with Gasteiger partial charge in [-0.05, 0) is 59.3 Å². The maximum Gasteiger partial charge on any atom is 0.414 e. The van der Waals surface area contributed by atoms with Gasteiger partial charge in [0.15, 0.2) is 0 Å². The molecule has 12 nitrogen and oxygen atoms in total. The summed E-state index contributed by atoms with van der Waals surface area (Å²) in [7, 11) is 1.60. The molecule has 270 valence electrons. The number of amides is 4. The zero-order chi connectivity index (χ0) is 35.3. The minimum atomic E-state index is -0.816. The Morgan fingerprint density at radius 1 is 1.10 bits per heavy atom. The number of ketones is 1. The van der Waals surface area contributed by atoms with E-state index in [0.29, 0.717) is 57.6 Å². The van der Waals surface area contributed by atoms with Crippen molar-refractivity contribution in [3.8, 4) is 0 Å². The van der Waals surface area contributed by atoms with Crippen LogP contribution in [0.15, 0.2) is 11.6 Å². The molecule has 0 aromatic rings. The number of nitrogens with zero attached hydrogens (tertiary/aromatic N) is 1. The van der Waals surface area contributed by atoms with Crippen LogP contribution in [-0.4, -0.2) is 108 Å². The zero-order valence-corrected chi connectivity index (χ0v) is 30.5. The molecule has 4 aliphatic rings. The number of alkyl carbamates (subject to hydrolysis) is 1. The largest absolute Gasteiger partial charge is 0.443 e. The van der Waals surface area contributed by atoms with Crippen molar-refractivity contribution in [3.63, 3.8) is 0 Å². The van der Waals surface area contributed by atoms with E-state index >= 15 is 0 Å². The molecule has 0 aromatic heterocycles. The van der Waals surface area contributed by atoms with Crippen LogP contribution < -0.4 is 10.6 Å². The fourth-order valence-corrected chi connectivity index (χ4v) is 7.82. The van der Waals surface area contributed by atoms with Gasteiger partial charge in [0.1, 0.15) is 35.2 Å². The van der Waals surface area contributed by atoms with E-state index in [1.165, 1.54) is 17.3 Å². The van der Waals surface area contributed by atoms with Gasteiger partial charge in [0.25, 0.3) is 0 Å². The number of epoxide rings is 2. The summed E-state index contributed by atoms with van der Waals surface area (Å²) in [5, 5.41) is 5.18. The molecule has 1 unspecified atom stereocenters. The number of rotatable bonds is 15. The zero-order valence-electron chi connectivity index (χ0n) is 29.7. The van der Waals surface area contributed by atoms with Gasteiger partial charge in [-0.25, -0.2) is 4.79 Å². The molecule has 1 aliphatic carbocycles. The first kappa shape index (κ1) is 38.3. The molecule has 1 saturated carbocycles. The molecule has 3 saturated heterocycles. The van der Waals surface area contributed by atoms with E-state index in [2.05, 4.69) is 37.5 Å². The molecule has 2 N–H and O–H groups in total. The first-order chi connectivity index (χ1) is 22.6. The number of carbonyl (C=O) groups is 5. The lowest BCUT2D eigenvalue weighted by molar-refractivity contribution is -0.138. The van der Waals surface area contributed by atoms with Crippen LogP contribution in [0.2, 0.25) is 0 Å². The summed E-state index contributed by atoms with van der Waals surface area (Å²) < 4.78 is 23.8. The van der Waals surface area contributed by atoms with Crippen molar-refractivity contribution in [2.75, 3.05) is 38.3 Å². The number of hydrogen-bond donors (Lipinski definition) is 2. The number of likely N-dealkylation sites (tertiary alicyclic amines) is 1. The quantitative estimate of drug-likeness (QED) is 0.146. The van der Waals surface area contributed by atoms with Crippen LogP contribution in [0.1, 0.15) is 92.9 Å². The second-order valence-corrected chi connectivity index (χ2v) is 16.1. The van der Waals surface area contributed by atoms with E-state index in [4.69, 9.17) is 18.9 Å². The van der Waals surface area contributed by atoms with Crippen LogP contribution in [-0.2, 0) is 38.1 Å². The Kier molecular flexibility index (Phi) is 12.8. The summed E-state index contributed by atoms with van der Waals surface area (Å²) in [5.74, 6) is -0.335. The van der Waals surface area contributed by atoms with Gasteiger partial charge in [-0.1, -0.05) is 32.4 Å². The summed E-state index contributed by atoms with van der Waals surface area (Å²) in [4.78, 5) is 64.6. The van der Waals surface area contributed by atoms with Gasteiger partial charge < -0.3 is 29.2 Å². The number of allylic oxidation sites excluding steroid dienone is 1. The lowest BCUT2D eigenvalue weighted by atomic mass is 9.68. The molecule has 1 spiro atoms. The molecular formula is C35H55N3O9S. The predicted octanol–water partition coefficient (Wildman–Crippen LogP) is 3.94. The Labute approximate surface area is 289 Å². The highest BCUT2D eigenvalue weighted by molar-refractivity contribution is 7.99. The van der Waals surface area contributed by atoms with Gasteiger partial charge in [-0.3, -0.25) is 24.5 Å². The fraction of sp³-hybridized carbons (Fsp3) is 0.800. The standard InChI is InChI=1S/C35H55N3O9S/c1-22(2)13-14-26-34(6,47-26)30-29(44-7)24(15-16-35(30)21-45-35)46-32(43)37-27(40)20-48-19-17-36-31(42)23-10-9-18-38(23)28(41)12-8-11-25(39)33(3,4)5/h13,23-24,26,29-30H,8-12,14-21H2,1-7H3,(H,36,42)(H,37,40,43)/t23?,24-,26-,29-,30-,34-,35+/m1/s1. The topological polar surface area (TPSA) is 156 Å². The van der Waals surface area contributed by atoms with Gasteiger partial charge in [-0.2, -0.15) is 11.8 Å². The number of nitrogens with one attached hydrogen (secondary N) is 2. The van der Waals surface area contributed by atoms with E-state index in [9.17, 15) is 24.0 Å². The first-order valence-corrected chi connectivity index (χ1v) is 18.4. The minimum absolute atomic E-state index is 0.0161. The predicted molar refractivity (Wildman–Crippen MR) is 181 cm³/mol. The Morgan fingerprint density at radius 3 is 2.48 bits per heavy atom. The van der Waals surface area contributed by atoms with Gasteiger partial charge in [0.2, 0.25) is 17.7 Å². The fourth-order valence-electron chi connectivity index (χ4n) is 7.17. The van der Waals surface area contributed by atoms with Crippen LogP contribution in [0.25, 0.3) is 0 Å². The van der Waals surface area contributed by atoms with Crippen molar-refractivity contribution in [2.45, 2.75) is 128 Å². The highest BCUT2D eigenvalue weighted by Gasteiger charge is 2.72. The number of thioether (sulfide) groups is 1. The SMILES string of the molecule is CO[C@@H]1[C@H](OC(=O)NC(=O)CSCCNC(=O)C2CCCN2C(=O)CCCC(=O)C(C)(C)C)CC[C@]2(CO2)[C@H]1[C@]1(C)O[C@@H]1CC=C(C)C. The maximum absolute atomic E-state index is 12.8. The van der Waals surface area contributed by atoms with Crippen molar-refractivity contribution < 1.29 is 42.9 Å². The number of hydrogen-bond acceptors (Lipinski definition) is 10. The molecule has 3 aliphatic heterocycles. The first-order valence-electron chi connectivity index (χ1n) is 17.3. The number of ether oxygens (including phenoxy) is 4. The molecular weight excluding hydrogens is 638 g/mol. The van der Waals surface area contributed by atoms with Crippen molar-refractivity contribution >= 4 is 41.4 Å². The molecule has 48 heavy (non-hydrogen) atoms. The molecule has 4 rings (SSSR count). The Morgan fingerprint density at radius 2 is 1.83 bits per heavy atom.